The van der Waals surface area contributed by atoms with Gasteiger partial charge in [-0.05, 0) is 36.4 Å². The van der Waals surface area contributed by atoms with E-state index < -0.39 is 0 Å². The molecule has 0 saturated heterocycles. The van der Waals surface area contributed by atoms with Gasteiger partial charge in [0, 0.05) is 17.3 Å². The van der Waals surface area contributed by atoms with Gasteiger partial charge >= 0.3 is 0 Å². The van der Waals surface area contributed by atoms with Crippen molar-refractivity contribution in [3.8, 4) is 0 Å². The molecule has 4 rings (SSSR count). The van der Waals surface area contributed by atoms with Crippen LogP contribution in [0.1, 0.15) is 0 Å². The zero-order valence-corrected chi connectivity index (χ0v) is 11.6. The summed E-state index contributed by atoms with van der Waals surface area (Å²) in [6, 6.07) is 10.1. The molecule has 3 heterocycles. The molecule has 102 valence electrons. The maximum Gasteiger partial charge on any atom is 0.151 e. The molecule has 0 saturated carbocycles. The van der Waals surface area contributed by atoms with Gasteiger partial charge in [0.05, 0.1) is 10.2 Å². The number of fused-ring (bicyclic) bond motifs is 3. The van der Waals surface area contributed by atoms with Gasteiger partial charge in [0.1, 0.15) is 17.0 Å². The van der Waals surface area contributed by atoms with Crippen molar-refractivity contribution in [3.05, 3.63) is 54.7 Å². The van der Waals surface area contributed by atoms with E-state index in [4.69, 9.17) is 0 Å². The molecule has 4 nitrogen and oxygen atoms in total. The SMILES string of the molecule is Fc1ccc(Nc2ncnc3c2sc2ncccc23)cc1. The van der Waals surface area contributed by atoms with Crippen LogP contribution in [0.15, 0.2) is 48.9 Å². The molecule has 1 aromatic carbocycles. The first kappa shape index (κ1) is 12.2. The van der Waals surface area contributed by atoms with Crippen LogP contribution in [0.4, 0.5) is 15.9 Å². The summed E-state index contributed by atoms with van der Waals surface area (Å²) in [5, 5.41) is 4.22. The predicted molar refractivity (Wildman–Crippen MR) is 82.4 cm³/mol. The van der Waals surface area contributed by atoms with Crippen LogP contribution in [0, 0.1) is 5.82 Å². The largest absolute Gasteiger partial charge is 0.339 e. The Morgan fingerprint density at radius 3 is 2.71 bits per heavy atom. The van der Waals surface area contributed by atoms with Crippen molar-refractivity contribution in [1.82, 2.24) is 15.0 Å². The lowest BCUT2D eigenvalue weighted by atomic mass is 10.3. The first-order chi connectivity index (χ1) is 10.3. The fraction of sp³-hybridized carbons (Fsp3) is 0. The van der Waals surface area contributed by atoms with Crippen molar-refractivity contribution in [1.29, 1.82) is 0 Å². The minimum atomic E-state index is -0.264. The summed E-state index contributed by atoms with van der Waals surface area (Å²) >= 11 is 1.54. The second-order valence-corrected chi connectivity index (χ2v) is 5.49. The van der Waals surface area contributed by atoms with Crippen LogP contribution < -0.4 is 5.32 Å². The average Bonchev–Trinajstić information content (AvgIpc) is 2.89. The summed E-state index contributed by atoms with van der Waals surface area (Å²) in [6.07, 6.45) is 3.28. The lowest BCUT2D eigenvalue weighted by Crippen LogP contribution is -1.94. The van der Waals surface area contributed by atoms with Gasteiger partial charge in [0.25, 0.3) is 0 Å². The van der Waals surface area contributed by atoms with Crippen molar-refractivity contribution in [3.63, 3.8) is 0 Å². The van der Waals surface area contributed by atoms with Crippen LogP contribution in [0.5, 0.6) is 0 Å². The Morgan fingerprint density at radius 2 is 1.86 bits per heavy atom. The number of thiophene rings is 1. The molecule has 0 amide bonds. The number of hydrogen-bond acceptors (Lipinski definition) is 5. The van der Waals surface area contributed by atoms with Gasteiger partial charge in [-0.25, -0.2) is 19.3 Å². The molecule has 0 spiro atoms. The highest BCUT2D eigenvalue weighted by Gasteiger charge is 2.11. The van der Waals surface area contributed by atoms with Crippen LogP contribution >= 0.6 is 11.3 Å². The van der Waals surface area contributed by atoms with Gasteiger partial charge in [0.15, 0.2) is 5.82 Å². The third kappa shape index (κ3) is 2.09. The summed E-state index contributed by atoms with van der Waals surface area (Å²) in [6.45, 7) is 0. The molecule has 0 unspecified atom stereocenters. The molecule has 0 fully saturated rings. The first-order valence-corrected chi connectivity index (χ1v) is 7.14. The van der Waals surface area contributed by atoms with E-state index in [2.05, 4.69) is 20.3 Å². The van der Waals surface area contributed by atoms with E-state index in [0.29, 0.717) is 5.82 Å². The Morgan fingerprint density at radius 1 is 1.00 bits per heavy atom. The van der Waals surface area contributed by atoms with Crippen LogP contribution in [0.25, 0.3) is 20.4 Å². The van der Waals surface area contributed by atoms with Crippen molar-refractivity contribution >= 4 is 43.3 Å². The molecule has 1 N–H and O–H groups in total. The average molecular weight is 296 g/mol. The van der Waals surface area contributed by atoms with Gasteiger partial charge in [0.2, 0.25) is 0 Å². The minimum absolute atomic E-state index is 0.264. The Labute approximate surface area is 123 Å². The Hall–Kier alpha value is -2.60. The van der Waals surface area contributed by atoms with E-state index in [9.17, 15) is 4.39 Å². The standard InChI is InChI=1S/C15H9FN4S/c16-9-3-5-10(6-4-9)20-14-13-12(18-8-19-14)11-2-1-7-17-15(11)21-13/h1-8H,(H,18,19,20). The van der Waals surface area contributed by atoms with Gasteiger partial charge in [-0.2, -0.15) is 0 Å². The molecule has 4 aromatic rings. The normalized spacial score (nSPS) is 11.1. The second-order valence-electron chi connectivity index (χ2n) is 4.49. The fourth-order valence-electron chi connectivity index (χ4n) is 2.17. The molecule has 21 heavy (non-hydrogen) atoms. The molecule has 0 aliphatic heterocycles. The van der Waals surface area contributed by atoms with E-state index in [1.54, 1.807) is 18.3 Å². The van der Waals surface area contributed by atoms with Gasteiger partial charge < -0.3 is 5.32 Å². The number of halogens is 1. The zero-order chi connectivity index (χ0) is 14.2. The fourth-order valence-corrected chi connectivity index (χ4v) is 3.21. The first-order valence-electron chi connectivity index (χ1n) is 6.32. The molecular weight excluding hydrogens is 287 g/mol. The molecule has 6 heteroatoms. The monoisotopic (exact) mass is 296 g/mol. The number of aromatic nitrogens is 3. The predicted octanol–water partition coefficient (Wildman–Crippen LogP) is 4.12. The maximum atomic E-state index is 13.0. The second kappa shape index (κ2) is 4.75. The molecule has 0 aliphatic carbocycles. The number of nitrogens with one attached hydrogen (secondary N) is 1. The summed E-state index contributed by atoms with van der Waals surface area (Å²) in [4.78, 5) is 13.9. The van der Waals surface area contributed by atoms with Crippen molar-refractivity contribution < 1.29 is 4.39 Å². The van der Waals surface area contributed by atoms with Crippen molar-refractivity contribution in [2.75, 3.05) is 5.32 Å². The van der Waals surface area contributed by atoms with Gasteiger partial charge in [-0.3, -0.25) is 0 Å². The van der Waals surface area contributed by atoms with Crippen molar-refractivity contribution in [2.45, 2.75) is 0 Å². The smallest absolute Gasteiger partial charge is 0.151 e. The summed E-state index contributed by atoms with van der Waals surface area (Å²) < 4.78 is 13.9. The molecule has 0 aliphatic rings. The van der Waals surface area contributed by atoms with E-state index in [0.717, 1.165) is 26.1 Å². The number of hydrogen-bond donors (Lipinski definition) is 1. The van der Waals surface area contributed by atoms with Gasteiger partial charge in [-0.1, -0.05) is 0 Å². The highest BCUT2D eigenvalue weighted by molar-refractivity contribution is 7.25. The molecule has 0 bridgehead atoms. The molecule has 3 aromatic heterocycles. The lowest BCUT2D eigenvalue weighted by Gasteiger charge is -2.05. The van der Waals surface area contributed by atoms with E-state index >= 15 is 0 Å². The summed E-state index contributed by atoms with van der Waals surface area (Å²) in [5.41, 5.74) is 1.66. The number of rotatable bonds is 2. The summed E-state index contributed by atoms with van der Waals surface area (Å²) in [5.74, 6) is 0.439. The van der Waals surface area contributed by atoms with Crippen LogP contribution in [-0.2, 0) is 0 Å². The molecule has 0 radical (unpaired) electrons. The number of nitrogens with zero attached hydrogens (tertiary/aromatic N) is 3. The Balaban J connectivity index is 1.86. The van der Waals surface area contributed by atoms with E-state index in [1.807, 2.05) is 12.1 Å². The highest BCUT2D eigenvalue weighted by Crippen LogP contribution is 2.35. The topological polar surface area (TPSA) is 50.7 Å². The molecular formula is C15H9FN4S. The third-order valence-electron chi connectivity index (χ3n) is 3.14. The van der Waals surface area contributed by atoms with E-state index in [-0.39, 0.29) is 5.82 Å². The van der Waals surface area contributed by atoms with Crippen molar-refractivity contribution in [2.24, 2.45) is 0 Å². The lowest BCUT2D eigenvalue weighted by molar-refractivity contribution is 0.628. The Kier molecular flexibility index (Phi) is 2.75. The highest BCUT2D eigenvalue weighted by atomic mass is 32.1. The quantitative estimate of drug-likeness (QED) is 0.604. The van der Waals surface area contributed by atoms with Gasteiger partial charge in [-0.15, -0.1) is 11.3 Å². The van der Waals surface area contributed by atoms with Crippen LogP contribution in [-0.4, -0.2) is 15.0 Å². The number of anilines is 2. The number of pyridine rings is 1. The third-order valence-corrected chi connectivity index (χ3v) is 4.25. The zero-order valence-electron chi connectivity index (χ0n) is 10.7. The Bertz CT molecular complexity index is 933. The summed E-state index contributed by atoms with van der Waals surface area (Å²) in [7, 11) is 0. The van der Waals surface area contributed by atoms with Crippen LogP contribution in [0.2, 0.25) is 0 Å². The van der Waals surface area contributed by atoms with Crippen LogP contribution in [0.3, 0.4) is 0 Å². The number of benzene rings is 1. The minimum Gasteiger partial charge on any atom is -0.339 e. The molecule has 0 atom stereocenters. The maximum absolute atomic E-state index is 13.0. The van der Waals surface area contributed by atoms with E-state index in [1.165, 1.54) is 29.8 Å².